The van der Waals surface area contributed by atoms with Crippen LogP contribution in [0.1, 0.15) is 60.3 Å². The zero-order valence-corrected chi connectivity index (χ0v) is 26.0. The molecule has 2 heterocycles. The van der Waals surface area contributed by atoms with E-state index in [0.29, 0.717) is 12.0 Å². The molecule has 0 aromatic heterocycles. The highest BCUT2D eigenvalue weighted by molar-refractivity contribution is 5.91. The van der Waals surface area contributed by atoms with E-state index in [1.54, 1.807) is 58.8 Å². The van der Waals surface area contributed by atoms with Gasteiger partial charge in [-0.2, -0.15) is 0 Å². The van der Waals surface area contributed by atoms with Crippen molar-refractivity contribution in [2.24, 2.45) is 23.7 Å². The molecule has 12 atom stereocenters. The number of hydrogen-bond donors (Lipinski definition) is 4. The second-order valence-electron chi connectivity index (χ2n) is 12.1. The normalized spacial score (nSPS) is 41.6. The first-order valence-electron chi connectivity index (χ1n) is 14.9. The van der Waals surface area contributed by atoms with Gasteiger partial charge in [0, 0.05) is 24.2 Å². The molecule has 0 aromatic rings. The van der Waals surface area contributed by atoms with E-state index in [4.69, 9.17) is 14.2 Å². The summed E-state index contributed by atoms with van der Waals surface area (Å²) in [6, 6.07) is -0.711. The Morgan fingerprint density at radius 1 is 1.10 bits per heavy atom. The molecule has 11 heteroatoms. The number of cyclic esters (lactones) is 1. The van der Waals surface area contributed by atoms with Crippen molar-refractivity contribution in [2.75, 3.05) is 20.7 Å². The van der Waals surface area contributed by atoms with Gasteiger partial charge in [0.1, 0.15) is 18.5 Å². The van der Waals surface area contributed by atoms with E-state index in [-0.39, 0.29) is 31.7 Å². The Bertz CT molecular complexity index is 952. The number of carbonyl (C=O) groups excluding carboxylic acids is 3. The zero-order chi connectivity index (χ0) is 31.7. The number of allylic oxidation sites excluding steroid dienone is 3. The van der Waals surface area contributed by atoms with Crippen molar-refractivity contribution < 1.29 is 49.0 Å². The third-order valence-electron chi connectivity index (χ3n) is 8.56. The summed E-state index contributed by atoms with van der Waals surface area (Å²) in [5.74, 6) is -3.16. The summed E-state index contributed by atoms with van der Waals surface area (Å²) in [6.07, 6.45) is -1.12. The fourth-order valence-electron chi connectivity index (χ4n) is 5.93. The molecule has 2 rings (SSSR count). The maximum absolute atomic E-state index is 13.1. The van der Waals surface area contributed by atoms with Crippen LogP contribution in [0.5, 0.6) is 0 Å². The van der Waals surface area contributed by atoms with Crippen molar-refractivity contribution in [2.45, 2.75) is 109 Å². The minimum absolute atomic E-state index is 0.000625. The van der Waals surface area contributed by atoms with Crippen LogP contribution in [0.3, 0.4) is 0 Å². The third kappa shape index (κ3) is 9.51. The Morgan fingerprint density at radius 3 is 2.33 bits per heavy atom. The molecule has 11 nitrogen and oxygen atoms in total. The van der Waals surface area contributed by atoms with Crippen LogP contribution in [0.15, 0.2) is 23.8 Å². The first-order chi connectivity index (χ1) is 19.7. The van der Waals surface area contributed by atoms with E-state index in [2.05, 4.69) is 0 Å². The SMILES string of the molecule is CCC1OC(=O)CC(O)C(C)C(O[C@@H]2O[C@H](C)[C@@H](O)[C@H](N(C)C)[C@H]2O)C(CC=O)CC(C)C(=O)/C=C\C(C)=C/C1CO. The van der Waals surface area contributed by atoms with Gasteiger partial charge in [-0.25, -0.2) is 0 Å². The topological polar surface area (TPSA) is 163 Å². The van der Waals surface area contributed by atoms with Gasteiger partial charge in [-0.1, -0.05) is 38.5 Å². The molecular weight excluding hydrogens is 546 g/mol. The fraction of sp³-hybridized carbons (Fsp3) is 0.774. The summed E-state index contributed by atoms with van der Waals surface area (Å²) < 4.78 is 17.9. The Balaban J connectivity index is 2.52. The molecule has 2 aliphatic rings. The second-order valence-corrected chi connectivity index (χ2v) is 12.1. The maximum atomic E-state index is 13.1. The average molecular weight is 598 g/mol. The zero-order valence-electron chi connectivity index (χ0n) is 26.0. The first-order valence-corrected chi connectivity index (χ1v) is 14.9. The van der Waals surface area contributed by atoms with Crippen molar-refractivity contribution in [1.82, 2.24) is 4.90 Å². The highest BCUT2D eigenvalue weighted by Gasteiger charge is 2.47. The Morgan fingerprint density at radius 2 is 1.76 bits per heavy atom. The van der Waals surface area contributed by atoms with Gasteiger partial charge in [0.05, 0.1) is 43.5 Å². The molecule has 0 aromatic carbocycles. The summed E-state index contributed by atoms with van der Waals surface area (Å²) in [7, 11) is 3.43. The maximum Gasteiger partial charge on any atom is 0.308 e. The molecule has 240 valence electrons. The lowest BCUT2D eigenvalue weighted by atomic mass is 9.79. The monoisotopic (exact) mass is 597 g/mol. The fourth-order valence-corrected chi connectivity index (χ4v) is 5.93. The predicted molar refractivity (Wildman–Crippen MR) is 155 cm³/mol. The summed E-state index contributed by atoms with van der Waals surface area (Å²) in [6.45, 7) is 8.42. The van der Waals surface area contributed by atoms with Crippen LogP contribution in [0.4, 0.5) is 0 Å². The van der Waals surface area contributed by atoms with Crippen molar-refractivity contribution in [3.8, 4) is 0 Å². The molecule has 2 aliphatic heterocycles. The van der Waals surface area contributed by atoms with Crippen LogP contribution in [-0.4, -0.2) is 113 Å². The number of nitrogens with zero attached hydrogens (tertiary/aromatic N) is 1. The van der Waals surface area contributed by atoms with Crippen LogP contribution in [0, 0.1) is 23.7 Å². The van der Waals surface area contributed by atoms with E-state index in [0.717, 1.165) is 6.29 Å². The molecule has 0 saturated carbocycles. The Hall–Kier alpha value is -1.99. The summed E-state index contributed by atoms with van der Waals surface area (Å²) in [5, 5.41) is 43.0. The molecule has 42 heavy (non-hydrogen) atoms. The molecule has 0 amide bonds. The molecule has 4 N–H and O–H groups in total. The van der Waals surface area contributed by atoms with Gasteiger partial charge in [-0.3, -0.25) is 9.59 Å². The van der Waals surface area contributed by atoms with Crippen LogP contribution >= 0.6 is 0 Å². The van der Waals surface area contributed by atoms with Gasteiger partial charge in [0.2, 0.25) is 0 Å². The molecule has 1 saturated heterocycles. The third-order valence-corrected chi connectivity index (χ3v) is 8.56. The highest BCUT2D eigenvalue weighted by Crippen LogP contribution is 2.34. The molecule has 1 fully saturated rings. The number of esters is 1. The van der Waals surface area contributed by atoms with E-state index in [1.807, 2.05) is 6.92 Å². The van der Waals surface area contributed by atoms with Crippen LogP contribution < -0.4 is 0 Å². The van der Waals surface area contributed by atoms with Gasteiger partial charge in [0.25, 0.3) is 0 Å². The quantitative estimate of drug-likeness (QED) is 0.248. The van der Waals surface area contributed by atoms with E-state index >= 15 is 0 Å². The van der Waals surface area contributed by atoms with Crippen LogP contribution in [0.2, 0.25) is 0 Å². The van der Waals surface area contributed by atoms with Crippen LogP contribution in [0.25, 0.3) is 0 Å². The predicted octanol–water partition coefficient (Wildman–Crippen LogP) is 1.40. The molecule has 0 radical (unpaired) electrons. The molecule has 7 unspecified atom stereocenters. The van der Waals surface area contributed by atoms with Crippen LogP contribution in [-0.2, 0) is 28.6 Å². The minimum atomic E-state index is -1.27. The standard InChI is InChI=1S/C31H51NO10/c1-8-25-22(16-34)13-17(2)9-10-23(35)18(3)14-21(11-12-33)30(19(4)24(36)15-26(37)41-25)42-31-29(39)27(32(6)7)28(38)20(5)40-31/h9-10,12-13,18-22,24-25,27-31,34,36,38-39H,8,11,14-16H2,1-7H3/b10-9-,17-13-/t18?,19?,20-,21?,22?,24?,25?,27+,28-,29-,30?,31+/m1/s1. The van der Waals surface area contributed by atoms with E-state index in [9.17, 15) is 34.8 Å². The summed E-state index contributed by atoms with van der Waals surface area (Å²) in [5.41, 5.74) is 0.714. The second kappa shape index (κ2) is 16.7. The van der Waals surface area contributed by atoms with Crippen molar-refractivity contribution >= 4 is 18.0 Å². The highest BCUT2D eigenvalue weighted by atomic mass is 16.7. The van der Waals surface area contributed by atoms with Crippen molar-refractivity contribution in [3.05, 3.63) is 23.8 Å². The largest absolute Gasteiger partial charge is 0.462 e. The Labute approximate surface area is 249 Å². The number of hydrogen-bond acceptors (Lipinski definition) is 11. The van der Waals surface area contributed by atoms with E-state index in [1.165, 1.54) is 6.08 Å². The smallest absolute Gasteiger partial charge is 0.308 e. The lowest BCUT2D eigenvalue weighted by molar-refractivity contribution is -0.304. The number of likely N-dealkylation sites (N-methyl/N-ethyl adjacent to an activating group) is 1. The summed E-state index contributed by atoms with van der Waals surface area (Å²) >= 11 is 0. The van der Waals surface area contributed by atoms with Gasteiger partial charge in [-0.05, 0) is 52.8 Å². The minimum Gasteiger partial charge on any atom is -0.462 e. The average Bonchev–Trinajstić information content (AvgIpc) is 2.93. The Kier molecular flexibility index (Phi) is 14.4. The van der Waals surface area contributed by atoms with Crippen molar-refractivity contribution in [1.29, 1.82) is 0 Å². The first kappa shape index (κ1) is 36.2. The van der Waals surface area contributed by atoms with Gasteiger partial charge >= 0.3 is 5.97 Å². The number of ether oxygens (including phenoxy) is 3. The van der Waals surface area contributed by atoms with Gasteiger partial charge in [0.15, 0.2) is 12.1 Å². The molecule has 0 bridgehead atoms. The molecule has 0 spiro atoms. The number of aliphatic hydroxyl groups excluding tert-OH is 4. The van der Waals surface area contributed by atoms with Gasteiger partial charge in [-0.15, -0.1) is 0 Å². The summed E-state index contributed by atoms with van der Waals surface area (Å²) in [4.78, 5) is 39.6. The number of aldehydes is 1. The lowest BCUT2D eigenvalue weighted by Crippen LogP contribution is -2.63. The number of carbonyl (C=O) groups is 3. The number of aliphatic hydroxyl groups is 4. The molecular formula is C31H51NO10. The number of rotatable bonds is 7. The lowest BCUT2D eigenvalue weighted by Gasteiger charge is -2.46. The van der Waals surface area contributed by atoms with Gasteiger partial charge < -0.3 is 44.3 Å². The number of ketones is 1. The van der Waals surface area contributed by atoms with Crippen molar-refractivity contribution in [3.63, 3.8) is 0 Å². The molecule has 0 aliphatic carbocycles. The van der Waals surface area contributed by atoms with E-state index < -0.39 is 78.6 Å².